The van der Waals surface area contributed by atoms with Gasteiger partial charge in [-0.1, -0.05) is 5.21 Å². The van der Waals surface area contributed by atoms with Gasteiger partial charge in [-0.2, -0.15) is 4.68 Å². The fraction of sp³-hybridized carbons (Fsp3) is 0.227. The number of carbonyl (C=O) groups is 1. The monoisotopic (exact) mass is 451 g/mol. The minimum atomic E-state index is -1.04. The van der Waals surface area contributed by atoms with Crippen LogP contribution in [0, 0.1) is 11.6 Å². The molecule has 5 rings (SSSR count). The van der Waals surface area contributed by atoms with Gasteiger partial charge in [0.1, 0.15) is 12.1 Å². The molecule has 1 saturated heterocycles. The topological polar surface area (TPSA) is 89.3 Å². The normalized spacial score (nSPS) is 14.0. The van der Waals surface area contributed by atoms with E-state index in [1.165, 1.54) is 12.4 Å². The van der Waals surface area contributed by atoms with Gasteiger partial charge in [-0.25, -0.2) is 18.7 Å². The van der Waals surface area contributed by atoms with E-state index in [0.717, 1.165) is 23.6 Å². The Kier molecular flexibility index (Phi) is 5.29. The number of hydrogen-bond acceptors (Lipinski definition) is 7. The van der Waals surface area contributed by atoms with Crippen molar-refractivity contribution in [3.05, 3.63) is 66.0 Å². The Morgan fingerprint density at radius 3 is 2.42 bits per heavy atom. The first-order chi connectivity index (χ1) is 16.0. The summed E-state index contributed by atoms with van der Waals surface area (Å²) < 4.78 is 33.5. The maximum Gasteiger partial charge on any atom is 0.254 e. The summed E-state index contributed by atoms with van der Waals surface area (Å²) in [6, 6.07) is 10.5. The summed E-state index contributed by atoms with van der Waals surface area (Å²) in [5, 5.41) is 8.53. The molecule has 0 saturated carbocycles. The van der Waals surface area contributed by atoms with Crippen molar-refractivity contribution in [3.63, 3.8) is 0 Å². The maximum atomic E-state index is 13.5. The van der Waals surface area contributed by atoms with Gasteiger partial charge in [-0.3, -0.25) is 4.79 Å². The number of hydrogen-bond donors (Lipinski definition) is 0. The minimum Gasteiger partial charge on any atom is -0.497 e. The molecule has 11 heteroatoms. The number of ether oxygens (including phenoxy) is 1. The fourth-order valence-corrected chi connectivity index (χ4v) is 3.80. The summed E-state index contributed by atoms with van der Waals surface area (Å²) in [5.74, 6) is -1.00. The Hall–Kier alpha value is -4.15. The fourth-order valence-electron chi connectivity index (χ4n) is 3.80. The molecule has 0 bridgehead atoms. The molecule has 9 nitrogen and oxygen atoms in total. The predicted molar refractivity (Wildman–Crippen MR) is 115 cm³/mol. The molecule has 2 aromatic carbocycles. The average molecular weight is 451 g/mol. The van der Waals surface area contributed by atoms with Gasteiger partial charge >= 0.3 is 0 Å². The van der Waals surface area contributed by atoms with Crippen molar-refractivity contribution in [1.82, 2.24) is 29.9 Å². The summed E-state index contributed by atoms with van der Waals surface area (Å²) >= 11 is 0. The Labute approximate surface area is 187 Å². The summed E-state index contributed by atoms with van der Waals surface area (Å²) in [6.45, 7) is 1.79. The van der Waals surface area contributed by atoms with Crippen LogP contribution < -0.4 is 9.64 Å². The number of piperazine rings is 1. The van der Waals surface area contributed by atoms with E-state index in [1.807, 2.05) is 29.2 Å². The highest BCUT2D eigenvalue weighted by Crippen LogP contribution is 2.25. The van der Waals surface area contributed by atoms with E-state index in [9.17, 15) is 13.6 Å². The van der Waals surface area contributed by atoms with Gasteiger partial charge in [0, 0.05) is 31.7 Å². The van der Waals surface area contributed by atoms with Crippen LogP contribution in [0.4, 0.5) is 14.6 Å². The molecule has 1 fully saturated rings. The molecule has 4 aromatic rings. The van der Waals surface area contributed by atoms with Crippen LogP contribution in [-0.2, 0) is 0 Å². The van der Waals surface area contributed by atoms with E-state index in [1.54, 1.807) is 16.7 Å². The van der Waals surface area contributed by atoms with Crippen LogP contribution in [0.1, 0.15) is 10.4 Å². The molecule has 0 N–H and O–H groups in total. The van der Waals surface area contributed by atoms with E-state index < -0.39 is 11.6 Å². The van der Waals surface area contributed by atoms with Gasteiger partial charge in [0.2, 0.25) is 0 Å². The molecule has 0 radical (unpaired) electrons. The van der Waals surface area contributed by atoms with Crippen LogP contribution >= 0.6 is 0 Å². The summed E-state index contributed by atoms with van der Waals surface area (Å²) in [5.41, 5.74) is 2.01. The Morgan fingerprint density at radius 2 is 1.73 bits per heavy atom. The number of rotatable bonds is 4. The number of anilines is 1. The van der Waals surface area contributed by atoms with E-state index in [2.05, 4.69) is 20.3 Å². The molecule has 0 spiro atoms. The van der Waals surface area contributed by atoms with E-state index in [4.69, 9.17) is 4.74 Å². The second kappa shape index (κ2) is 8.41. The number of nitrogens with zero attached hydrogens (tertiary/aromatic N) is 7. The zero-order chi connectivity index (χ0) is 22.9. The standard InChI is InChI=1S/C22H19F2N7O2/c1-33-16-5-3-15(4-6-16)31-21-19(27-28-31)20(25-13-26-21)29-8-10-30(11-9-29)22(32)14-2-7-17(23)18(24)12-14/h2-7,12-13H,8-11H2,1H3. The third-order valence-electron chi connectivity index (χ3n) is 5.57. The van der Waals surface area contributed by atoms with Gasteiger partial charge in [0.05, 0.1) is 12.8 Å². The summed E-state index contributed by atoms with van der Waals surface area (Å²) in [7, 11) is 1.60. The van der Waals surface area contributed by atoms with Crippen LogP contribution in [0.3, 0.4) is 0 Å². The number of aromatic nitrogens is 5. The third-order valence-corrected chi connectivity index (χ3v) is 5.57. The molecule has 33 heavy (non-hydrogen) atoms. The van der Waals surface area contributed by atoms with Crippen molar-refractivity contribution in [2.75, 3.05) is 38.2 Å². The van der Waals surface area contributed by atoms with Crippen molar-refractivity contribution in [2.45, 2.75) is 0 Å². The molecule has 3 heterocycles. The van der Waals surface area contributed by atoms with E-state index in [0.29, 0.717) is 43.2 Å². The van der Waals surface area contributed by atoms with Crippen molar-refractivity contribution in [2.24, 2.45) is 0 Å². The number of halogens is 2. The van der Waals surface area contributed by atoms with Crippen molar-refractivity contribution in [1.29, 1.82) is 0 Å². The zero-order valence-corrected chi connectivity index (χ0v) is 17.7. The number of fused-ring (bicyclic) bond motifs is 1. The minimum absolute atomic E-state index is 0.120. The SMILES string of the molecule is COc1ccc(-n2nnc3c(N4CCN(C(=O)c5ccc(F)c(F)c5)CC4)ncnc32)cc1. The Bertz CT molecular complexity index is 1320. The number of carbonyl (C=O) groups excluding carboxylic acids is 1. The zero-order valence-electron chi connectivity index (χ0n) is 17.7. The second-order valence-corrected chi connectivity index (χ2v) is 7.48. The predicted octanol–water partition coefficient (Wildman–Crippen LogP) is 2.46. The Morgan fingerprint density at radius 1 is 0.970 bits per heavy atom. The van der Waals surface area contributed by atoms with Gasteiger partial charge in [-0.15, -0.1) is 5.10 Å². The highest BCUT2D eigenvalue weighted by atomic mass is 19.2. The molecule has 168 valence electrons. The highest BCUT2D eigenvalue weighted by Gasteiger charge is 2.26. The quantitative estimate of drug-likeness (QED) is 0.471. The van der Waals surface area contributed by atoms with Gasteiger partial charge in [0.15, 0.2) is 28.6 Å². The van der Waals surface area contributed by atoms with Crippen LogP contribution in [0.25, 0.3) is 16.9 Å². The molecular weight excluding hydrogens is 432 g/mol. The molecule has 0 unspecified atom stereocenters. The number of benzene rings is 2. The van der Waals surface area contributed by atoms with Crippen molar-refractivity contribution in [3.8, 4) is 11.4 Å². The molecule has 1 aliphatic heterocycles. The average Bonchev–Trinajstić information content (AvgIpc) is 3.30. The first kappa shape index (κ1) is 20.7. The Balaban J connectivity index is 1.35. The second-order valence-electron chi connectivity index (χ2n) is 7.48. The highest BCUT2D eigenvalue weighted by molar-refractivity contribution is 5.94. The summed E-state index contributed by atoms with van der Waals surface area (Å²) in [6.07, 6.45) is 1.46. The summed E-state index contributed by atoms with van der Waals surface area (Å²) in [4.78, 5) is 25.0. The number of amides is 1. The maximum absolute atomic E-state index is 13.5. The van der Waals surface area contributed by atoms with Crippen molar-refractivity contribution >= 4 is 22.9 Å². The third kappa shape index (κ3) is 3.81. The van der Waals surface area contributed by atoms with Gasteiger partial charge in [0.25, 0.3) is 5.91 Å². The molecule has 1 amide bonds. The van der Waals surface area contributed by atoms with E-state index in [-0.39, 0.29) is 11.5 Å². The molecule has 1 aliphatic rings. The lowest BCUT2D eigenvalue weighted by Crippen LogP contribution is -2.49. The van der Waals surface area contributed by atoms with Gasteiger partial charge in [-0.05, 0) is 42.5 Å². The molecule has 2 aromatic heterocycles. The van der Waals surface area contributed by atoms with Crippen LogP contribution in [0.5, 0.6) is 5.75 Å². The lowest BCUT2D eigenvalue weighted by Gasteiger charge is -2.35. The van der Waals surface area contributed by atoms with Crippen LogP contribution in [0.15, 0.2) is 48.8 Å². The van der Waals surface area contributed by atoms with Crippen LogP contribution in [0.2, 0.25) is 0 Å². The van der Waals surface area contributed by atoms with Crippen molar-refractivity contribution < 1.29 is 18.3 Å². The lowest BCUT2D eigenvalue weighted by atomic mass is 10.1. The molecule has 0 atom stereocenters. The largest absolute Gasteiger partial charge is 0.497 e. The smallest absolute Gasteiger partial charge is 0.254 e. The first-order valence-corrected chi connectivity index (χ1v) is 10.3. The van der Waals surface area contributed by atoms with Crippen LogP contribution in [-0.4, -0.2) is 69.1 Å². The molecular formula is C22H19F2N7O2. The number of methoxy groups -OCH3 is 1. The lowest BCUT2D eigenvalue weighted by molar-refractivity contribution is 0.0746. The van der Waals surface area contributed by atoms with Gasteiger partial charge < -0.3 is 14.5 Å². The molecule has 0 aliphatic carbocycles. The first-order valence-electron chi connectivity index (χ1n) is 10.3. The van der Waals surface area contributed by atoms with E-state index >= 15 is 0 Å².